The van der Waals surface area contributed by atoms with Crippen LogP contribution in [0.4, 0.5) is 0 Å². The van der Waals surface area contributed by atoms with Crippen LogP contribution in [0.2, 0.25) is 0 Å². The molecule has 0 fully saturated rings. The number of amides is 1. The van der Waals surface area contributed by atoms with Gasteiger partial charge in [-0.2, -0.15) is 0 Å². The molecule has 29 heavy (non-hydrogen) atoms. The first-order valence-electron chi connectivity index (χ1n) is 10.3. The van der Waals surface area contributed by atoms with Gasteiger partial charge < -0.3 is 5.32 Å². The summed E-state index contributed by atoms with van der Waals surface area (Å²) >= 11 is 1.31. The van der Waals surface area contributed by atoms with Gasteiger partial charge in [0.05, 0.1) is 0 Å². The molecular formula is C24H26N2O2S. The first-order chi connectivity index (χ1) is 14.2. The zero-order valence-electron chi connectivity index (χ0n) is 16.5. The smallest absolute Gasteiger partial charge is 0.308 e. The van der Waals surface area contributed by atoms with E-state index in [0.29, 0.717) is 6.54 Å². The Morgan fingerprint density at radius 1 is 0.966 bits per heavy atom. The summed E-state index contributed by atoms with van der Waals surface area (Å²) in [7, 11) is 0. The van der Waals surface area contributed by atoms with Gasteiger partial charge in [-0.25, -0.2) is 0 Å². The van der Waals surface area contributed by atoms with Gasteiger partial charge in [-0.1, -0.05) is 72.0 Å². The number of carbonyl (C=O) groups excluding carboxylic acids is 1. The highest BCUT2D eigenvalue weighted by atomic mass is 32.1. The molecule has 1 aliphatic carbocycles. The number of nitrogens with zero attached hydrogens (tertiary/aromatic N) is 1. The van der Waals surface area contributed by atoms with Crippen LogP contribution >= 0.6 is 11.3 Å². The lowest BCUT2D eigenvalue weighted by atomic mass is 9.88. The second kappa shape index (κ2) is 9.23. The monoisotopic (exact) mass is 406 g/mol. The molecule has 0 atom stereocenters. The lowest BCUT2D eigenvalue weighted by Crippen LogP contribution is -2.32. The summed E-state index contributed by atoms with van der Waals surface area (Å²) in [4.78, 5) is 26.0. The number of hydrogen-bond donors (Lipinski definition) is 1. The number of aryl methyl sites for hydroxylation is 1. The highest BCUT2D eigenvalue weighted by molar-refractivity contribution is 7.09. The molecule has 3 aromatic rings. The molecule has 4 rings (SSSR count). The molecule has 0 saturated carbocycles. The van der Waals surface area contributed by atoms with E-state index in [2.05, 4.69) is 53.8 Å². The minimum atomic E-state index is -0.0850. The SMILES string of the molecule is O=C(Cn1c2c(sc1=O)CCCC2)NCCC(c1ccccc1)c1ccccc1. The molecule has 0 unspecified atom stereocenters. The fourth-order valence-electron chi connectivity index (χ4n) is 4.14. The number of rotatable bonds is 7. The maximum Gasteiger partial charge on any atom is 0.308 e. The zero-order chi connectivity index (χ0) is 20.1. The molecule has 1 amide bonds. The van der Waals surface area contributed by atoms with Gasteiger partial charge in [-0.15, -0.1) is 0 Å². The second-order valence-corrected chi connectivity index (χ2v) is 8.59. The summed E-state index contributed by atoms with van der Waals surface area (Å²) in [5, 5.41) is 3.03. The third-order valence-electron chi connectivity index (χ3n) is 5.61. The van der Waals surface area contributed by atoms with Crippen molar-refractivity contribution < 1.29 is 4.79 Å². The molecule has 2 aromatic carbocycles. The van der Waals surface area contributed by atoms with Crippen molar-refractivity contribution in [1.29, 1.82) is 0 Å². The predicted molar refractivity (Wildman–Crippen MR) is 118 cm³/mol. The van der Waals surface area contributed by atoms with Crippen molar-refractivity contribution >= 4 is 17.2 Å². The summed E-state index contributed by atoms with van der Waals surface area (Å²) in [5.74, 6) is 0.146. The van der Waals surface area contributed by atoms with Crippen molar-refractivity contribution in [2.75, 3.05) is 6.54 Å². The Kier molecular flexibility index (Phi) is 6.25. The lowest BCUT2D eigenvalue weighted by Gasteiger charge is -2.19. The third kappa shape index (κ3) is 4.67. The van der Waals surface area contributed by atoms with Crippen molar-refractivity contribution in [3.8, 4) is 0 Å². The quantitative estimate of drug-likeness (QED) is 0.641. The normalized spacial score (nSPS) is 13.3. The maximum atomic E-state index is 12.5. The first-order valence-corrected chi connectivity index (χ1v) is 11.1. The summed E-state index contributed by atoms with van der Waals surface area (Å²) in [5.41, 5.74) is 3.57. The van der Waals surface area contributed by atoms with E-state index in [1.165, 1.54) is 27.3 Å². The molecule has 150 valence electrons. The molecule has 0 aliphatic heterocycles. The van der Waals surface area contributed by atoms with Gasteiger partial charge in [-0.3, -0.25) is 14.2 Å². The van der Waals surface area contributed by atoms with Crippen LogP contribution in [-0.2, 0) is 24.2 Å². The fraction of sp³-hybridized carbons (Fsp3) is 0.333. The average Bonchev–Trinajstić information content (AvgIpc) is 3.07. The topological polar surface area (TPSA) is 51.1 Å². The predicted octanol–water partition coefficient (Wildman–Crippen LogP) is 4.13. The highest BCUT2D eigenvalue weighted by Gasteiger charge is 2.20. The Morgan fingerprint density at radius 3 is 2.24 bits per heavy atom. The van der Waals surface area contributed by atoms with E-state index < -0.39 is 0 Å². The van der Waals surface area contributed by atoms with Crippen LogP contribution in [0.1, 0.15) is 46.9 Å². The van der Waals surface area contributed by atoms with Gasteiger partial charge in [-0.05, 0) is 43.2 Å². The van der Waals surface area contributed by atoms with Crippen LogP contribution in [0.5, 0.6) is 0 Å². The summed E-state index contributed by atoms with van der Waals surface area (Å²) in [6, 6.07) is 20.8. The number of thiazole rings is 1. The molecule has 0 saturated heterocycles. The summed E-state index contributed by atoms with van der Waals surface area (Å²) in [6.07, 6.45) is 4.93. The van der Waals surface area contributed by atoms with Crippen molar-refractivity contribution in [2.45, 2.75) is 44.6 Å². The Morgan fingerprint density at radius 2 is 1.59 bits per heavy atom. The highest BCUT2D eigenvalue weighted by Crippen LogP contribution is 2.27. The number of nitrogens with one attached hydrogen (secondary N) is 1. The Hall–Kier alpha value is -2.66. The van der Waals surface area contributed by atoms with Crippen LogP contribution in [-0.4, -0.2) is 17.0 Å². The number of aromatic nitrogens is 1. The molecule has 0 bridgehead atoms. The Bertz CT molecular complexity index is 969. The van der Waals surface area contributed by atoms with E-state index in [9.17, 15) is 9.59 Å². The van der Waals surface area contributed by atoms with E-state index in [4.69, 9.17) is 0 Å². The Balaban J connectivity index is 1.40. The van der Waals surface area contributed by atoms with E-state index in [-0.39, 0.29) is 23.2 Å². The van der Waals surface area contributed by atoms with Gasteiger partial charge >= 0.3 is 4.87 Å². The van der Waals surface area contributed by atoms with Crippen molar-refractivity contribution in [3.05, 3.63) is 92.0 Å². The molecule has 1 aromatic heterocycles. The molecule has 1 N–H and O–H groups in total. The number of fused-ring (bicyclic) bond motifs is 1. The largest absolute Gasteiger partial charge is 0.355 e. The van der Waals surface area contributed by atoms with Crippen molar-refractivity contribution in [1.82, 2.24) is 9.88 Å². The average molecular weight is 407 g/mol. The second-order valence-electron chi connectivity index (χ2n) is 7.54. The zero-order valence-corrected chi connectivity index (χ0v) is 17.3. The third-order valence-corrected chi connectivity index (χ3v) is 6.69. The van der Waals surface area contributed by atoms with E-state index >= 15 is 0 Å². The minimum absolute atomic E-state index is 0.00139. The van der Waals surface area contributed by atoms with Gasteiger partial charge in [0.1, 0.15) is 6.54 Å². The van der Waals surface area contributed by atoms with Crippen LogP contribution in [0.15, 0.2) is 65.5 Å². The van der Waals surface area contributed by atoms with Gasteiger partial charge in [0, 0.05) is 23.0 Å². The Labute approximate surface area is 175 Å². The van der Waals surface area contributed by atoms with E-state index in [1.807, 2.05) is 12.1 Å². The number of hydrogen-bond acceptors (Lipinski definition) is 3. The molecule has 1 heterocycles. The standard InChI is InChI=1S/C24H26N2O2S/c27-23(17-26-21-13-7-8-14-22(21)29-24(26)28)25-16-15-20(18-9-3-1-4-10-18)19-11-5-2-6-12-19/h1-6,9-12,20H,7-8,13-17H2,(H,25,27). The van der Waals surface area contributed by atoms with Crippen LogP contribution in [0, 0.1) is 0 Å². The molecule has 4 nitrogen and oxygen atoms in total. The maximum absolute atomic E-state index is 12.5. The molecule has 1 aliphatic rings. The molecule has 0 spiro atoms. The first kappa shape index (κ1) is 19.6. The van der Waals surface area contributed by atoms with E-state index in [0.717, 1.165) is 37.8 Å². The van der Waals surface area contributed by atoms with Crippen molar-refractivity contribution in [2.24, 2.45) is 0 Å². The van der Waals surface area contributed by atoms with Crippen LogP contribution in [0.3, 0.4) is 0 Å². The van der Waals surface area contributed by atoms with Gasteiger partial charge in [0.2, 0.25) is 5.91 Å². The van der Waals surface area contributed by atoms with Crippen LogP contribution < -0.4 is 10.2 Å². The number of carbonyl (C=O) groups is 1. The minimum Gasteiger partial charge on any atom is -0.355 e. The van der Waals surface area contributed by atoms with E-state index in [1.54, 1.807) is 4.57 Å². The molecule has 0 radical (unpaired) electrons. The van der Waals surface area contributed by atoms with Gasteiger partial charge in [0.25, 0.3) is 0 Å². The lowest BCUT2D eigenvalue weighted by molar-refractivity contribution is -0.121. The summed E-state index contributed by atoms with van der Waals surface area (Å²) in [6.45, 7) is 0.709. The van der Waals surface area contributed by atoms with Gasteiger partial charge in [0.15, 0.2) is 0 Å². The van der Waals surface area contributed by atoms with Crippen molar-refractivity contribution in [3.63, 3.8) is 0 Å². The molecule has 5 heteroatoms. The van der Waals surface area contributed by atoms with Crippen LogP contribution in [0.25, 0.3) is 0 Å². The summed E-state index contributed by atoms with van der Waals surface area (Å²) < 4.78 is 1.68. The molecular weight excluding hydrogens is 380 g/mol. The fourth-order valence-corrected chi connectivity index (χ4v) is 5.21. The number of benzene rings is 2.